The molecule has 2 nitrogen and oxygen atoms in total. The van der Waals surface area contributed by atoms with Gasteiger partial charge in [0.05, 0.1) is 5.25 Å². The maximum atomic E-state index is 10.3. The normalized spacial score (nSPS) is 15.5. The molecule has 3 heteroatoms. The number of allylic oxidation sites excluding steroid dienone is 3. The molecule has 0 rings (SSSR count). The van der Waals surface area contributed by atoms with Crippen molar-refractivity contribution in [3.05, 3.63) is 24.3 Å². The first-order valence-corrected chi connectivity index (χ1v) is 4.36. The highest BCUT2D eigenvalue weighted by atomic mass is 32.2. The van der Waals surface area contributed by atoms with Crippen molar-refractivity contribution in [3.63, 3.8) is 0 Å². The quantitative estimate of drug-likeness (QED) is 0.496. The smallest absolute Gasteiger partial charge is 0.146 e. The van der Waals surface area contributed by atoms with Crippen LogP contribution < -0.4 is 0 Å². The molecule has 0 heterocycles. The molecule has 0 saturated carbocycles. The lowest BCUT2D eigenvalue weighted by Crippen LogP contribution is -1.97. The van der Waals surface area contributed by atoms with Crippen molar-refractivity contribution >= 4 is 10.7 Å². The molecule has 0 aromatic carbocycles. The number of hydrogen-bond donors (Lipinski definition) is 1. The van der Waals surface area contributed by atoms with Crippen molar-refractivity contribution in [1.82, 2.24) is 0 Å². The molecule has 1 atom stereocenters. The molecule has 0 aromatic heterocycles. The highest BCUT2D eigenvalue weighted by molar-refractivity contribution is 7.73. The predicted octanol–water partition coefficient (Wildman–Crippen LogP) is 1.12. The van der Waals surface area contributed by atoms with E-state index in [4.69, 9.17) is 0 Å². The van der Waals surface area contributed by atoms with Crippen molar-refractivity contribution in [2.75, 3.05) is 0 Å². The van der Waals surface area contributed by atoms with Crippen LogP contribution in [0.4, 0.5) is 0 Å². The summed E-state index contributed by atoms with van der Waals surface area (Å²) in [5, 5.41) is -0.355. The monoisotopic (exact) mass is 160 g/mol. The van der Waals surface area contributed by atoms with Gasteiger partial charge in [0.1, 0.15) is 10.7 Å². The molecule has 0 fully saturated rings. The van der Waals surface area contributed by atoms with E-state index < -0.39 is 10.7 Å². The molecule has 0 N–H and O–H groups in total. The van der Waals surface area contributed by atoms with Crippen molar-refractivity contribution < 1.29 is 8.42 Å². The Hall–Kier alpha value is -0.570. The van der Waals surface area contributed by atoms with Gasteiger partial charge < -0.3 is 0 Å². The summed E-state index contributed by atoms with van der Waals surface area (Å²) in [5.74, 6) is 0. The van der Waals surface area contributed by atoms with E-state index in [1.54, 1.807) is 25.2 Å². The van der Waals surface area contributed by atoms with Crippen LogP contribution in [0.2, 0.25) is 0 Å². The second-order valence-corrected chi connectivity index (χ2v) is 3.32. The Morgan fingerprint density at radius 1 is 1.30 bits per heavy atom. The summed E-state index contributed by atoms with van der Waals surface area (Å²) in [7, 11) is -2.30. The molecule has 0 radical (unpaired) electrons. The fourth-order valence-electron chi connectivity index (χ4n) is 0.406. The van der Waals surface area contributed by atoms with Crippen LogP contribution in [0.25, 0.3) is 0 Å². The van der Waals surface area contributed by atoms with Gasteiger partial charge in [-0.05, 0) is 13.8 Å². The lowest BCUT2D eigenvalue weighted by Gasteiger charge is -1.89. The summed E-state index contributed by atoms with van der Waals surface area (Å²) in [6, 6.07) is 0. The molecule has 1 unspecified atom stereocenters. The largest absolute Gasteiger partial charge is 0.231 e. The van der Waals surface area contributed by atoms with Crippen molar-refractivity contribution in [2.24, 2.45) is 0 Å². The molecule has 10 heavy (non-hydrogen) atoms. The summed E-state index contributed by atoms with van der Waals surface area (Å²) in [5.41, 5.74) is 0. The van der Waals surface area contributed by atoms with Gasteiger partial charge in [0.2, 0.25) is 0 Å². The lowest BCUT2D eigenvalue weighted by molar-refractivity contribution is 0.610. The molecule has 0 aromatic rings. The van der Waals surface area contributed by atoms with Crippen LogP contribution in [0.15, 0.2) is 24.3 Å². The van der Waals surface area contributed by atoms with Crippen LogP contribution in [-0.4, -0.2) is 13.7 Å². The summed E-state index contributed by atoms with van der Waals surface area (Å²) >= 11 is 0. The fraction of sp³-hybridized carbons (Fsp3) is 0.429. The molecular formula is C7H12O2S. The average Bonchev–Trinajstić information content (AvgIpc) is 1.88. The van der Waals surface area contributed by atoms with E-state index in [-0.39, 0.29) is 5.25 Å². The van der Waals surface area contributed by atoms with Crippen LogP contribution in [0.1, 0.15) is 13.8 Å². The number of thiol groups is 1. The second kappa shape index (κ2) is 5.23. The van der Waals surface area contributed by atoms with Gasteiger partial charge in [-0.3, -0.25) is 0 Å². The standard InChI is InChI=1S/C7H12O2S/c1-3-4-5-6-7(2)10(8)9/h3-7,10H,1-2H3/b4-3-,6-5-. The van der Waals surface area contributed by atoms with E-state index in [1.165, 1.54) is 0 Å². The topological polar surface area (TPSA) is 34.1 Å². The zero-order chi connectivity index (χ0) is 7.98. The third-order valence-corrected chi connectivity index (χ3v) is 1.86. The van der Waals surface area contributed by atoms with Crippen LogP contribution in [0.5, 0.6) is 0 Å². The first-order chi connectivity index (χ1) is 4.68. The molecular weight excluding hydrogens is 148 g/mol. The summed E-state index contributed by atoms with van der Waals surface area (Å²) in [4.78, 5) is 0. The summed E-state index contributed by atoms with van der Waals surface area (Å²) in [6.45, 7) is 3.53. The second-order valence-electron chi connectivity index (χ2n) is 1.94. The lowest BCUT2D eigenvalue weighted by atomic mass is 10.4. The Balaban J connectivity index is 3.89. The minimum Gasteiger partial charge on any atom is -0.231 e. The van der Waals surface area contributed by atoms with Gasteiger partial charge in [0.15, 0.2) is 0 Å². The van der Waals surface area contributed by atoms with E-state index in [0.29, 0.717) is 0 Å². The first kappa shape index (κ1) is 9.43. The van der Waals surface area contributed by atoms with Crippen molar-refractivity contribution in [2.45, 2.75) is 19.1 Å². The maximum absolute atomic E-state index is 10.3. The van der Waals surface area contributed by atoms with Crippen molar-refractivity contribution in [1.29, 1.82) is 0 Å². The SMILES string of the molecule is C/C=C\C=C/C(C)[SH](=O)=O. The zero-order valence-corrected chi connectivity index (χ0v) is 7.04. The Kier molecular flexibility index (Phi) is 4.94. The van der Waals surface area contributed by atoms with E-state index in [0.717, 1.165) is 0 Å². The van der Waals surface area contributed by atoms with Crippen molar-refractivity contribution in [3.8, 4) is 0 Å². The minimum atomic E-state index is -2.30. The molecule has 0 spiro atoms. The Labute approximate surface area is 63.2 Å². The zero-order valence-electron chi connectivity index (χ0n) is 6.15. The van der Waals surface area contributed by atoms with Crippen LogP contribution in [0, 0.1) is 0 Å². The van der Waals surface area contributed by atoms with Gasteiger partial charge in [0.25, 0.3) is 0 Å². The van der Waals surface area contributed by atoms with Gasteiger partial charge >= 0.3 is 0 Å². The van der Waals surface area contributed by atoms with Crippen LogP contribution in [0.3, 0.4) is 0 Å². The van der Waals surface area contributed by atoms with Gasteiger partial charge in [-0.25, -0.2) is 8.42 Å². The Morgan fingerprint density at radius 3 is 2.30 bits per heavy atom. The van der Waals surface area contributed by atoms with Gasteiger partial charge in [-0.2, -0.15) is 0 Å². The molecule has 0 bridgehead atoms. The highest BCUT2D eigenvalue weighted by Crippen LogP contribution is 1.89. The average molecular weight is 160 g/mol. The Morgan fingerprint density at radius 2 is 1.90 bits per heavy atom. The highest BCUT2D eigenvalue weighted by Gasteiger charge is 1.94. The Bertz CT molecular complexity index is 194. The van der Waals surface area contributed by atoms with E-state index >= 15 is 0 Å². The predicted molar refractivity (Wildman–Crippen MR) is 43.7 cm³/mol. The molecule has 0 aliphatic rings. The van der Waals surface area contributed by atoms with E-state index in [1.807, 2.05) is 13.0 Å². The summed E-state index contributed by atoms with van der Waals surface area (Å²) < 4.78 is 20.5. The fourth-order valence-corrected chi connectivity index (χ4v) is 0.646. The van der Waals surface area contributed by atoms with E-state index in [2.05, 4.69) is 0 Å². The molecule has 0 aliphatic heterocycles. The molecule has 0 aliphatic carbocycles. The minimum absolute atomic E-state index is 0.355. The first-order valence-electron chi connectivity index (χ1n) is 3.11. The van der Waals surface area contributed by atoms with Crippen LogP contribution in [-0.2, 0) is 10.7 Å². The number of hydrogen-bond acceptors (Lipinski definition) is 2. The maximum Gasteiger partial charge on any atom is 0.146 e. The van der Waals surface area contributed by atoms with Gasteiger partial charge in [-0.1, -0.05) is 24.3 Å². The molecule has 0 saturated heterocycles. The van der Waals surface area contributed by atoms with Gasteiger partial charge in [-0.15, -0.1) is 0 Å². The van der Waals surface area contributed by atoms with Gasteiger partial charge in [0, 0.05) is 0 Å². The van der Waals surface area contributed by atoms with E-state index in [9.17, 15) is 8.42 Å². The molecule has 0 amide bonds. The molecule has 58 valence electrons. The van der Waals surface area contributed by atoms with Crippen LogP contribution >= 0.6 is 0 Å². The summed E-state index contributed by atoms with van der Waals surface area (Å²) in [6.07, 6.45) is 7.03. The third-order valence-electron chi connectivity index (χ3n) is 1.03. The third kappa shape index (κ3) is 4.32. The number of rotatable bonds is 3.